The van der Waals surface area contributed by atoms with Gasteiger partial charge in [-0.2, -0.15) is 15.0 Å². The van der Waals surface area contributed by atoms with Crippen LogP contribution in [0.3, 0.4) is 0 Å². The van der Waals surface area contributed by atoms with Crippen LogP contribution in [0, 0.1) is 5.92 Å². The van der Waals surface area contributed by atoms with Gasteiger partial charge in [-0.3, -0.25) is 4.79 Å². The van der Waals surface area contributed by atoms with Gasteiger partial charge >= 0.3 is 0 Å². The molecule has 13 heteroatoms. The van der Waals surface area contributed by atoms with Gasteiger partial charge in [0.1, 0.15) is 0 Å². The van der Waals surface area contributed by atoms with Gasteiger partial charge in [0.25, 0.3) is 0 Å². The zero-order valence-corrected chi connectivity index (χ0v) is 22.4. The van der Waals surface area contributed by atoms with Crippen molar-refractivity contribution in [1.82, 2.24) is 19.9 Å². The summed E-state index contributed by atoms with van der Waals surface area (Å²) in [4.78, 5) is 35.8. The van der Waals surface area contributed by atoms with E-state index in [1.807, 2.05) is 18.7 Å². The summed E-state index contributed by atoms with van der Waals surface area (Å²) in [6.07, 6.45) is 3.34. The minimum absolute atomic E-state index is 0. The summed E-state index contributed by atoms with van der Waals surface area (Å²) in [7, 11) is 0. The second-order valence-corrected chi connectivity index (χ2v) is 10.4. The molecule has 8 N–H and O–H groups in total. The topological polar surface area (TPSA) is 173 Å². The highest BCUT2D eigenvalue weighted by Crippen LogP contribution is 2.27. The molecule has 36 heavy (non-hydrogen) atoms. The van der Waals surface area contributed by atoms with E-state index in [2.05, 4.69) is 14.7 Å². The van der Waals surface area contributed by atoms with Gasteiger partial charge in [-0.1, -0.05) is 0 Å². The molecule has 4 rings (SSSR count). The average molecular weight is 526 g/mol. The van der Waals surface area contributed by atoms with Crippen LogP contribution in [0.5, 0.6) is 0 Å². The number of amides is 1. The standard InChI is InChI=1S/C23H43N11O.ClH/c1-3-31(4-2)20(35)15-6-5-7-32(10-15)21-28-22(33-11-16(24)8-17(25)12-33)30-23(29-21)34-13-18(26)9-19(27)14-34;/h15-19H,3-14,24-27H2,1-2H3;1H/t15?,16-,17+,18-,19+;. The normalized spacial score (nSPS) is 29.1. The highest BCUT2D eigenvalue weighted by Gasteiger charge is 2.33. The summed E-state index contributed by atoms with van der Waals surface area (Å²) in [5, 5.41) is 0. The summed E-state index contributed by atoms with van der Waals surface area (Å²) in [5.41, 5.74) is 25.1. The number of nitrogens with two attached hydrogens (primary N) is 4. The zero-order valence-electron chi connectivity index (χ0n) is 21.6. The Labute approximate surface area is 220 Å². The molecule has 0 radical (unpaired) electrons. The molecule has 3 saturated heterocycles. The van der Waals surface area contributed by atoms with Crippen LogP contribution in [0.4, 0.5) is 17.8 Å². The lowest BCUT2D eigenvalue weighted by Gasteiger charge is -2.38. The van der Waals surface area contributed by atoms with Crippen molar-refractivity contribution < 1.29 is 4.79 Å². The predicted octanol–water partition coefficient (Wildman–Crippen LogP) is -0.892. The lowest BCUT2D eigenvalue weighted by atomic mass is 9.96. The molecule has 0 saturated carbocycles. The molecule has 1 aromatic rings. The minimum Gasteiger partial charge on any atom is -0.343 e. The van der Waals surface area contributed by atoms with Crippen LogP contribution >= 0.6 is 12.4 Å². The van der Waals surface area contributed by atoms with E-state index >= 15 is 0 Å². The maximum Gasteiger partial charge on any atom is 0.232 e. The first-order valence-electron chi connectivity index (χ1n) is 13.1. The van der Waals surface area contributed by atoms with Crippen molar-refractivity contribution in [3.63, 3.8) is 0 Å². The largest absolute Gasteiger partial charge is 0.343 e. The smallest absolute Gasteiger partial charge is 0.232 e. The molecule has 1 amide bonds. The van der Waals surface area contributed by atoms with Crippen LogP contribution in [-0.2, 0) is 4.79 Å². The molecule has 0 bridgehead atoms. The molecule has 3 fully saturated rings. The second-order valence-electron chi connectivity index (χ2n) is 10.4. The van der Waals surface area contributed by atoms with E-state index in [1.165, 1.54) is 0 Å². The number of rotatable bonds is 6. The maximum atomic E-state index is 13.1. The molecule has 3 aliphatic rings. The van der Waals surface area contributed by atoms with E-state index in [-0.39, 0.29) is 48.4 Å². The Morgan fingerprint density at radius 1 is 0.778 bits per heavy atom. The highest BCUT2D eigenvalue weighted by atomic mass is 35.5. The summed E-state index contributed by atoms with van der Waals surface area (Å²) in [6, 6.07) is -0.147. The van der Waals surface area contributed by atoms with E-state index in [1.54, 1.807) is 0 Å². The van der Waals surface area contributed by atoms with Gasteiger partial charge in [-0.15, -0.1) is 12.4 Å². The van der Waals surface area contributed by atoms with Crippen molar-refractivity contribution in [2.45, 2.75) is 63.7 Å². The van der Waals surface area contributed by atoms with E-state index < -0.39 is 0 Å². The van der Waals surface area contributed by atoms with Crippen molar-refractivity contribution in [1.29, 1.82) is 0 Å². The molecule has 3 aliphatic heterocycles. The summed E-state index contributed by atoms with van der Waals surface area (Å²) in [6.45, 7) is 9.42. The number of nitrogens with zero attached hydrogens (tertiary/aromatic N) is 7. The van der Waals surface area contributed by atoms with Crippen molar-refractivity contribution in [3.05, 3.63) is 0 Å². The Morgan fingerprint density at radius 3 is 1.61 bits per heavy atom. The molecule has 1 aromatic heterocycles. The minimum atomic E-state index is -0.0685. The molecule has 204 valence electrons. The first-order valence-corrected chi connectivity index (χ1v) is 13.1. The van der Waals surface area contributed by atoms with Crippen molar-refractivity contribution in [3.8, 4) is 0 Å². The number of piperidine rings is 3. The molecule has 0 aliphatic carbocycles. The van der Waals surface area contributed by atoms with Gasteiger partial charge in [0.05, 0.1) is 5.92 Å². The molecular formula is C23H44ClN11O. The maximum absolute atomic E-state index is 13.1. The van der Waals surface area contributed by atoms with Gasteiger partial charge in [-0.05, 0) is 39.5 Å². The Morgan fingerprint density at radius 2 is 1.19 bits per heavy atom. The van der Waals surface area contributed by atoms with E-state index in [0.29, 0.717) is 50.6 Å². The van der Waals surface area contributed by atoms with Crippen LogP contribution in [0.15, 0.2) is 0 Å². The molecule has 4 heterocycles. The SMILES string of the molecule is CCN(CC)C(=O)C1CCCN(c2nc(N3C[C@H](N)C[C@H](N)C3)nc(N3C[C@H](N)C[C@H](N)C3)n2)C1.Cl. The number of hydrogen-bond acceptors (Lipinski definition) is 11. The summed E-state index contributed by atoms with van der Waals surface area (Å²) >= 11 is 0. The lowest BCUT2D eigenvalue weighted by Crippen LogP contribution is -2.54. The molecule has 0 spiro atoms. The van der Waals surface area contributed by atoms with E-state index in [9.17, 15) is 4.79 Å². The Balaban J connectivity index is 0.00000361. The molecule has 0 aromatic carbocycles. The van der Waals surface area contributed by atoms with E-state index in [0.717, 1.165) is 45.3 Å². The fraction of sp³-hybridized carbons (Fsp3) is 0.826. The van der Waals surface area contributed by atoms with Gasteiger partial charge < -0.3 is 42.5 Å². The van der Waals surface area contributed by atoms with Crippen LogP contribution in [0.1, 0.15) is 39.5 Å². The number of carbonyl (C=O) groups excluding carboxylic acids is 1. The molecule has 1 unspecified atom stereocenters. The van der Waals surface area contributed by atoms with Crippen molar-refractivity contribution in [2.75, 3.05) is 67.1 Å². The highest BCUT2D eigenvalue weighted by molar-refractivity contribution is 5.85. The quantitative estimate of drug-likeness (QED) is 0.362. The fourth-order valence-electron chi connectivity index (χ4n) is 5.61. The molecule has 5 atom stereocenters. The van der Waals surface area contributed by atoms with Gasteiger partial charge in [0.15, 0.2) is 0 Å². The summed E-state index contributed by atoms with van der Waals surface area (Å²) < 4.78 is 0. The predicted molar refractivity (Wildman–Crippen MR) is 146 cm³/mol. The number of anilines is 3. The third-order valence-electron chi connectivity index (χ3n) is 7.32. The monoisotopic (exact) mass is 525 g/mol. The van der Waals surface area contributed by atoms with Crippen LogP contribution in [0.2, 0.25) is 0 Å². The number of carbonyl (C=O) groups is 1. The van der Waals surface area contributed by atoms with Crippen LogP contribution < -0.4 is 37.6 Å². The van der Waals surface area contributed by atoms with Crippen molar-refractivity contribution >= 4 is 36.2 Å². The lowest BCUT2D eigenvalue weighted by molar-refractivity contribution is -0.135. The second kappa shape index (κ2) is 12.5. The third kappa shape index (κ3) is 6.65. The number of aromatic nitrogens is 3. The zero-order chi connectivity index (χ0) is 25.1. The van der Waals surface area contributed by atoms with Gasteiger partial charge in [0, 0.05) is 76.5 Å². The first-order chi connectivity index (χ1) is 16.8. The average Bonchev–Trinajstić information content (AvgIpc) is 2.83. The van der Waals surface area contributed by atoms with Crippen LogP contribution in [-0.4, -0.2) is 102 Å². The fourth-order valence-corrected chi connectivity index (χ4v) is 5.61. The van der Waals surface area contributed by atoms with E-state index in [4.69, 9.17) is 37.9 Å². The van der Waals surface area contributed by atoms with Gasteiger partial charge in [-0.25, -0.2) is 0 Å². The van der Waals surface area contributed by atoms with Crippen molar-refractivity contribution in [2.24, 2.45) is 28.9 Å². The third-order valence-corrected chi connectivity index (χ3v) is 7.32. The Bertz CT molecular complexity index is 808. The number of hydrogen-bond donors (Lipinski definition) is 4. The first kappa shape index (κ1) is 28.6. The summed E-state index contributed by atoms with van der Waals surface area (Å²) in [5.74, 6) is 1.86. The number of halogens is 1. The Hall–Kier alpha value is -1.99. The van der Waals surface area contributed by atoms with Crippen LogP contribution in [0.25, 0.3) is 0 Å². The van der Waals surface area contributed by atoms with Gasteiger partial charge in [0.2, 0.25) is 23.8 Å². The Kier molecular flexibility index (Phi) is 9.93. The molecule has 12 nitrogen and oxygen atoms in total. The molecular weight excluding hydrogens is 482 g/mol.